The topological polar surface area (TPSA) is 111 Å². The molecule has 11 heteroatoms. The van der Waals surface area contributed by atoms with Crippen molar-refractivity contribution in [2.45, 2.75) is 64.8 Å². The van der Waals surface area contributed by atoms with Gasteiger partial charge in [-0.25, -0.2) is 9.97 Å². The van der Waals surface area contributed by atoms with Crippen LogP contribution in [0.25, 0.3) is 22.5 Å². The fourth-order valence-electron chi connectivity index (χ4n) is 4.57. The van der Waals surface area contributed by atoms with Crippen LogP contribution >= 0.6 is 0 Å². The predicted octanol–water partition coefficient (Wildman–Crippen LogP) is 5.11. The molecule has 1 saturated heterocycles. The third kappa shape index (κ3) is 5.89. The molecule has 0 bridgehead atoms. The van der Waals surface area contributed by atoms with E-state index in [0.29, 0.717) is 28.7 Å². The lowest BCUT2D eigenvalue weighted by atomic mass is 10.2. The van der Waals surface area contributed by atoms with Gasteiger partial charge in [0.05, 0.1) is 23.9 Å². The van der Waals surface area contributed by atoms with Crippen molar-refractivity contribution in [1.82, 2.24) is 24.7 Å². The normalized spacial score (nSPS) is 16.3. The summed E-state index contributed by atoms with van der Waals surface area (Å²) in [4.78, 5) is 28.9. The summed E-state index contributed by atoms with van der Waals surface area (Å²) in [6.45, 7) is 14.8. The molecule has 0 spiro atoms. The van der Waals surface area contributed by atoms with E-state index in [0.717, 1.165) is 36.2 Å². The van der Waals surface area contributed by atoms with Crippen LogP contribution in [0.2, 0.25) is 18.1 Å². The van der Waals surface area contributed by atoms with Gasteiger partial charge < -0.3 is 19.1 Å². The highest BCUT2D eigenvalue weighted by Crippen LogP contribution is 2.39. The number of nitrogens with one attached hydrogen (secondary N) is 1. The summed E-state index contributed by atoms with van der Waals surface area (Å²) in [7, 11) is -0.0355. The van der Waals surface area contributed by atoms with Crippen LogP contribution in [-0.4, -0.2) is 58.2 Å². The smallest absolute Gasteiger partial charge is 0.230 e. The van der Waals surface area contributed by atoms with Gasteiger partial charge in [-0.2, -0.15) is 5.10 Å². The molecule has 0 unspecified atom stereocenters. The van der Waals surface area contributed by atoms with E-state index < -0.39 is 8.32 Å². The summed E-state index contributed by atoms with van der Waals surface area (Å²) in [6.07, 6.45) is 6.26. The molecule has 0 aromatic carbocycles. The van der Waals surface area contributed by atoms with Crippen LogP contribution in [0, 0.1) is 6.92 Å². The zero-order valence-electron chi connectivity index (χ0n) is 23.8. The Kier molecular flexibility index (Phi) is 7.06. The highest BCUT2D eigenvalue weighted by atomic mass is 28.4. The lowest BCUT2D eigenvalue weighted by Crippen LogP contribution is -2.44. The molecule has 1 N–H and O–H groups in total. The van der Waals surface area contributed by atoms with Gasteiger partial charge in [0.2, 0.25) is 11.8 Å². The van der Waals surface area contributed by atoms with Gasteiger partial charge in [0.1, 0.15) is 6.26 Å². The van der Waals surface area contributed by atoms with E-state index in [1.165, 1.54) is 6.26 Å². The maximum Gasteiger partial charge on any atom is 0.230 e. The van der Waals surface area contributed by atoms with Crippen molar-refractivity contribution in [2.75, 3.05) is 23.3 Å². The zero-order chi connectivity index (χ0) is 27.9. The van der Waals surface area contributed by atoms with Crippen LogP contribution in [0.15, 0.2) is 41.3 Å². The number of aryl methyl sites for hydroxylation is 2. The Labute approximate surface area is 229 Å². The van der Waals surface area contributed by atoms with Crippen molar-refractivity contribution in [1.29, 1.82) is 0 Å². The number of aromatic nitrogens is 5. The second-order valence-corrected chi connectivity index (χ2v) is 16.6. The second-order valence-electron chi connectivity index (χ2n) is 11.9. The molecule has 4 aromatic heterocycles. The quantitative estimate of drug-likeness (QED) is 0.318. The fourth-order valence-corrected chi connectivity index (χ4v) is 5.95. The molecule has 0 radical (unpaired) electrons. The van der Waals surface area contributed by atoms with Gasteiger partial charge in [-0.05, 0) is 49.7 Å². The number of fused-ring (bicyclic) bond motifs is 1. The van der Waals surface area contributed by atoms with Crippen LogP contribution in [-0.2, 0) is 22.7 Å². The molecular weight excluding hydrogens is 510 g/mol. The summed E-state index contributed by atoms with van der Waals surface area (Å²) in [5, 5.41) is 8.58. The van der Waals surface area contributed by atoms with E-state index in [9.17, 15) is 4.79 Å². The Bertz CT molecular complexity index is 1500. The van der Waals surface area contributed by atoms with E-state index in [1.807, 2.05) is 38.4 Å². The largest absolute Gasteiger partial charge is 0.444 e. The molecule has 0 saturated carbocycles. The van der Waals surface area contributed by atoms with Crippen molar-refractivity contribution < 1.29 is 13.6 Å². The second kappa shape index (κ2) is 10.2. The number of anilines is 2. The lowest BCUT2D eigenvalue weighted by molar-refractivity contribution is -0.115. The van der Waals surface area contributed by atoms with Crippen LogP contribution in [0.4, 0.5) is 11.5 Å². The Morgan fingerprint density at radius 2 is 2.05 bits per heavy atom. The van der Waals surface area contributed by atoms with Crippen LogP contribution < -0.4 is 10.2 Å². The Morgan fingerprint density at radius 1 is 1.26 bits per heavy atom. The van der Waals surface area contributed by atoms with E-state index in [-0.39, 0.29) is 23.5 Å². The minimum absolute atomic E-state index is 0.0786. The van der Waals surface area contributed by atoms with E-state index in [1.54, 1.807) is 10.9 Å². The number of pyridine rings is 2. The summed E-state index contributed by atoms with van der Waals surface area (Å²) in [6, 6.07) is 5.68. The minimum Gasteiger partial charge on any atom is -0.444 e. The maximum absolute atomic E-state index is 13.2. The first-order valence-corrected chi connectivity index (χ1v) is 16.2. The molecule has 1 atom stereocenters. The average molecular weight is 548 g/mol. The first-order chi connectivity index (χ1) is 18.4. The lowest BCUT2D eigenvalue weighted by Gasteiger charge is -2.38. The summed E-state index contributed by atoms with van der Waals surface area (Å²) < 4.78 is 14.1. The third-order valence-electron chi connectivity index (χ3n) is 7.61. The fraction of sp³-hybridized carbons (Fsp3) is 0.464. The molecule has 4 aromatic rings. The van der Waals surface area contributed by atoms with Crippen molar-refractivity contribution >= 4 is 36.8 Å². The standard InChI is InChI=1S/C28H37N7O3Si/c1-18-12-19(8-10-29-18)27-30-21(17-37-27)14-24(36)31-23-13-20-15-34(5)33-25(20)32-26(23)35-11-9-22(16-35)38-39(6,7)28(2,3)4/h8,10,12-13,15,17,22H,9,11,14,16H2,1-7H3,(H,31,36)/t22-/m0/s1. The molecule has 0 aliphatic carbocycles. The number of amides is 1. The first-order valence-electron chi connectivity index (χ1n) is 13.3. The molecule has 5 heterocycles. The average Bonchev–Trinajstić information content (AvgIpc) is 3.57. The SMILES string of the molecule is Cc1cc(-c2nc(CC(=O)Nc3cc4cn(C)nc4nc3N3CC[C@H](O[Si](C)(C)C(C)(C)C)C3)co2)ccn1. The van der Waals surface area contributed by atoms with Gasteiger partial charge in [-0.3, -0.25) is 14.5 Å². The van der Waals surface area contributed by atoms with Gasteiger partial charge in [0, 0.05) is 49.2 Å². The molecule has 1 amide bonds. The molecular formula is C28H37N7O3Si. The molecule has 1 aliphatic heterocycles. The van der Waals surface area contributed by atoms with Gasteiger partial charge >= 0.3 is 0 Å². The molecule has 206 valence electrons. The zero-order valence-corrected chi connectivity index (χ0v) is 24.8. The van der Waals surface area contributed by atoms with Crippen molar-refractivity contribution in [3.8, 4) is 11.5 Å². The molecule has 10 nitrogen and oxygen atoms in total. The Balaban J connectivity index is 1.34. The summed E-state index contributed by atoms with van der Waals surface area (Å²) in [5.74, 6) is 0.983. The number of carbonyl (C=O) groups is 1. The summed E-state index contributed by atoms with van der Waals surface area (Å²) in [5.41, 5.74) is 3.55. The first kappa shape index (κ1) is 27.0. The highest BCUT2D eigenvalue weighted by molar-refractivity contribution is 6.74. The highest BCUT2D eigenvalue weighted by Gasteiger charge is 2.41. The number of carbonyl (C=O) groups excluding carboxylic acids is 1. The number of nitrogens with zero attached hydrogens (tertiary/aromatic N) is 6. The van der Waals surface area contributed by atoms with E-state index >= 15 is 0 Å². The third-order valence-corrected chi connectivity index (χ3v) is 12.1. The maximum atomic E-state index is 13.2. The van der Waals surface area contributed by atoms with Crippen LogP contribution in [0.5, 0.6) is 0 Å². The summed E-state index contributed by atoms with van der Waals surface area (Å²) >= 11 is 0. The number of rotatable bonds is 7. The van der Waals surface area contributed by atoms with Crippen molar-refractivity contribution in [3.63, 3.8) is 0 Å². The van der Waals surface area contributed by atoms with E-state index in [2.05, 4.69) is 59.1 Å². The van der Waals surface area contributed by atoms with Crippen molar-refractivity contribution in [3.05, 3.63) is 48.2 Å². The number of hydrogen-bond acceptors (Lipinski definition) is 8. The molecule has 1 aliphatic rings. The van der Waals surface area contributed by atoms with Gasteiger partial charge in [-0.15, -0.1) is 0 Å². The predicted molar refractivity (Wildman–Crippen MR) is 154 cm³/mol. The monoisotopic (exact) mass is 547 g/mol. The van der Waals surface area contributed by atoms with Crippen molar-refractivity contribution in [2.24, 2.45) is 7.05 Å². The number of hydrogen-bond donors (Lipinski definition) is 1. The van der Waals surface area contributed by atoms with Gasteiger partial charge in [0.15, 0.2) is 19.8 Å². The minimum atomic E-state index is -1.90. The van der Waals surface area contributed by atoms with Crippen LogP contribution in [0.1, 0.15) is 38.6 Å². The molecule has 1 fully saturated rings. The molecule has 5 rings (SSSR count). The molecule has 39 heavy (non-hydrogen) atoms. The Morgan fingerprint density at radius 3 is 2.79 bits per heavy atom. The van der Waals surface area contributed by atoms with Crippen LogP contribution in [0.3, 0.4) is 0 Å². The number of oxazole rings is 1. The Hall–Kier alpha value is -3.57. The van der Waals surface area contributed by atoms with E-state index in [4.69, 9.17) is 13.8 Å². The van der Waals surface area contributed by atoms with Gasteiger partial charge in [0.25, 0.3) is 0 Å². The van der Waals surface area contributed by atoms with Gasteiger partial charge in [-0.1, -0.05) is 20.8 Å².